The second-order valence-corrected chi connectivity index (χ2v) is 20.0. The molecule has 0 fully saturated rings. The van der Waals surface area contributed by atoms with Crippen LogP contribution in [0.3, 0.4) is 0 Å². The highest BCUT2D eigenvalue weighted by Gasteiger charge is 2.71. The van der Waals surface area contributed by atoms with Crippen molar-refractivity contribution in [3.63, 3.8) is 0 Å². The summed E-state index contributed by atoms with van der Waals surface area (Å²) in [4.78, 5) is 0. The molecule has 0 spiro atoms. The Labute approximate surface area is 304 Å². The summed E-state index contributed by atoms with van der Waals surface area (Å²) in [6.07, 6.45) is -0.906. The van der Waals surface area contributed by atoms with E-state index in [1.165, 1.54) is 18.2 Å². The quantitative estimate of drug-likeness (QED) is 0.245. The third-order valence-electron chi connectivity index (χ3n) is 4.97. The van der Waals surface area contributed by atoms with Crippen LogP contribution in [0.5, 0.6) is 0 Å². The Hall–Kier alpha value is 4.40. The van der Waals surface area contributed by atoms with Gasteiger partial charge in [-0.3, -0.25) is 0 Å². The molecule has 19 heteroatoms. The van der Waals surface area contributed by atoms with Crippen LogP contribution < -0.4 is 0 Å². The largest absolute Gasteiger partial charge is 0.388 e. The van der Waals surface area contributed by atoms with E-state index < -0.39 is 39.7 Å². The first-order valence-electron chi connectivity index (χ1n) is 9.31. The summed E-state index contributed by atoms with van der Waals surface area (Å²) < 4.78 is -20.9. The first kappa shape index (κ1) is 39.4. The topological polar surface area (TPSA) is 20.2 Å². The predicted octanol–water partition coefficient (Wildman–Crippen LogP) is 13.2. The Kier molecular flexibility index (Phi) is 13.9. The maximum atomic E-state index is 11.2. The zero-order chi connectivity index (χ0) is 29.8. The molecule has 1 unspecified atom stereocenters. The Bertz CT molecular complexity index is 890. The maximum absolute atomic E-state index is 11.2. The molecule has 0 bridgehead atoms. The molecule has 0 radical (unpaired) electrons. The van der Waals surface area contributed by atoms with Crippen molar-refractivity contribution in [1.82, 2.24) is 0 Å². The van der Waals surface area contributed by atoms with Gasteiger partial charge in [0.1, 0.15) is 0 Å². The summed E-state index contributed by atoms with van der Waals surface area (Å²) in [5.41, 5.74) is -0.659. The lowest BCUT2D eigenvalue weighted by Crippen LogP contribution is -2.56. The molecule has 0 aliphatic carbocycles. The second kappa shape index (κ2) is 13.0. The Balaban J connectivity index is 4.14. The van der Waals surface area contributed by atoms with E-state index in [1.54, 1.807) is 6.92 Å². The molecule has 1 atom stereocenters. The minimum absolute atomic E-state index is 0.0849. The molecule has 0 amide bonds. The normalized spacial score (nSPS) is 16.2. The monoisotopic (exact) mass is 874 g/mol. The van der Waals surface area contributed by atoms with E-state index in [2.05, 4.69) is 0 Å². The summed E-state index contributed by atoms with van der Waals surface area (Å²) in [6.45, 7) is 1.76. The smallest absolute Gasteiger partial charge is 0.226 e. The fraction of sp³-hybridized carbons (Fsp3) is 0.667. The summed E-state index contributed by atoms with van der Waals surface area (Å²) in [7, 11) is 0. The van der Waals surface area contributed by atoms with E-state index in [1.807, 2.05) is 0 Å². The second-order valence-electron chi connectivity index (χ2n) is 7.51. The summed E-state index contributed by atoms with van der Waals surface area (Å²) in [6, 6.07) is 3.90. The maximum Gasteiger partial charge on any atom is 0.226 e. The Morgan fingerprint density at radius 1 is 0.568 bits per heavy atom. The highest BCUT2D eigenvalue weighted by atomic mass is 35.6. The van der Waals surface area contributed by atoms with Gasteiger partial charge < -0.3 is 5.11 Å². The van der Waals surface area contributed by atoms with Crippen LogP contribution in [-0.4, -0.2) is 30.0 Å². The van der Waals surface area contributed by atoms with Gasteiger partial charge in [-0.2, -0.15) is 0 Å². The molecule has 0 saturated heterocycles. The molecule has 1 aromatic rings. The average Bonchev–Trinajstić information content (AvgIpc) is 2.71. The van der Waals surface area contributed by atoms with Crippen molar-refractivity contribution in [2.24, 2.45) is 0 Å². The molecule has 1 aromatic carbocycles. The predicted molar refractivity (Wildman–Crippen MR) is 171 cm³/mol. The third-order valence-corrected chi connectivity index (χ3v) is 15.9. The van der Waals surface area contributed by atoms with Crippen LogP contribution in [0, 0.1) is 0 Å². The van der Waals surface area contributed by atoms with Crippen molar-refractivity contribution in [1.29, 1.82) is 0 Å². The fourth-order valence-electron chi connectivity index (χ4n) is 2.98. The van der Waals surface area contributed by atoms with E-state index in [9.17, 15) is 5.11 Å². The molecular weight excluding hydrogens is 870 g/mol. The van der Waals surface area contributed by atoms with Crippen LogP contribution in [0.2, 0.25) is 0 Å². The van der Waals surface area contributed by atoms with Crippen molar-refractivity contribution in [3.05, 3.63) is 34.9 Å². The molecule has 1 rings (SSSR count). The highest BCUT2D eigenvalue weighted by Crippen LogP contribution is 2.68. The number of benzene rings is 1. The Morgan fingerprint density at radius 2 is 0.865 bits per heavy atom. The molecule has 0 saturated carbocycles. The van der Waals surface area contributed by atoms with Crippen LogP contribution in [-0.2, 0) is 8.67 Å². The molecule has 216 valence electrons. The number of hydrogen-bond donors (Lipinski definition) is 1. The molecule has 0 aliphatic rings. The van der Waals surface area contributed by atoms with E-state index >= 15 is 0 Å². The first-order valence-corrected chi connectivity index (χ1v) is 16.1. The van der Waals surface area contributed by atoms with E-state index in [0.717, 1.165) is 0 Å². The van der Waals surface area contributed by atoms with Gasteiger partial charge >= 0.3 is 0 Å². The number of halogens is 18. The lowest BCUT2D eigenvalue weighted by atomic mass is 9.87. The SMILES string of the molecule is CCCC(O)c1c(C(Cl)(Cl)C(Cl)(Cl)C(Cl)(Cl)C(Cl)(Cl)Cl)cccc1C(Cl)(Cl)C(Cl)(Cl)C(Cl)(Cl)C(Cl)(Cl)Cl. The molecule has 0 aromatic heterocycles. The Morgan fingerprint density at radius 3 is 1.11 bits per heavy atom. The lowest BCUT2D eigenvalue weighted by molar-refractivity contribution is 0.163. The number of hydrogen-bond acceptors (Lipinski definition) is 1. The summed E-state index contributed by atoms with van der Waals surface area (Å²) in [5, 5.41) is 11.2. The summed E-state index contributed by atoms with van der Waals surface area (Å²) >= 11 is 113. The van der Waals surface area contributed by atoms with Gasteiger partial charge in [-0.25, -0.2) is 0 Å². The summed E-state index contributed by atoms with van der Waals surface area (Å²) in [5.74, 6) is 0. The molecule has 37 heavy (non-hydrogen) atoms. The molecule has 0 heterocycles. The first-order chi connectivity index (χ1) is 16.1. The van der Waals surface area contributed by atoms with Crippen LogP contribution in [0.25, 0.3) is 0 Å². The van der Waals surface area contributed by atoms with Crippen molar-refractivity contribution < 1.29 is 5.11 Å². The number of alkyl halides is 18. The average molecular weight is 882 g/mol. The van der Waals surface area contributed by atoms with Crippen molar-refractivity contribution >= 4 is 209 Å². The third kappa shape index (κ3) is 7.13. The highest BCUT2D eigenvalue weighted by molar-refractivity contribution is 6.81. The van der Waals surface area contributed by atoms with Crippen molar-refractivity contribution in [3.8, 4) is 0 Å². The zero-order valence-corrected chi connectivity index (χ0v) is 31.1. The van der Waals surface area contributed by atoms with Crippen LogP contribution >= 0.6 is 209 Å². The van der Waals surface area contributed by atoms with Gasteiger partial charge in [-0.15, -0.1) is 0 Å². The van der Waals surface area contributed by atoms with E-state index in [0.29, 0.717) is 6.42 Å². The van der Waals surface area contributed by atoms with Gasteiger partial charge in [0.25, 0.3) is 0 Å². The van der Waals surface area contributed by atoms with Gasteiger partial charge in [-0.05, 0) is 23.1 Å². The van der Waals surface area contributed by atoms with Gasteiger partial charge in [-0.1, -0.05) is 240 Å². The lowest BCUT2D eigenvalue weighted by Gasteiger charge is -2.47. The molecule has 1 nitrogen and oxygen atoms in total. The molecule has 0 aliphatic heterocycles. The van der Waals surface area contributed by atoms with Crippen LogP contribution in [0.15, 0.2) is 18.2 Å². The minimum atomic E-state index is -2.70. The van der Waals surface area contributed by atoms with E-state index in [-0.39, 0.29) is 23.1 Å². The minimum Gasteiger partial charge on any atom is -0.388 e. The van der Waals surface area contributed by atoms with Crippen LogP contribution in [0.1, 0.15) is 42.6 Å². The van der Waals surface area contributed by atoms with Crippen molar-refractivity contribution in [2.45, 2.75) is 59.5 Å². The zero-order valence-electron chi connectivity index (χ0n) is 17.5. The standard InChI is InChI=1S/C18H12Cl18O/c1-2-4-9(37)10-7(11(19,20)13(23,24)15(27,28)17(31,32)33)5-3-6-8(10)12(21,22)14(25,26)16(29,30)18(34,35)36/h3,5-6,9,37H,2,4H2,1H3. The molecule has 1 N–H and O–H groups in total. The van der Waals surface area contributed by atoms with Gasteiger partial charge in [0, 0.05) is 0 Å². The molecular formula is C18H12Cl18O. The number of aliphatic hydroxyl groups excluding tert-OH is 1. The number of rotatable bonds is 9. The fourth-order valence-corrected chi connectivity index (χ4v) is 7.56. The van der Waals surface area contributed by atoms with Gasteiger partial charge in [0.2, 0.25) is 16.3 Å². The van der Waals surface area contributed by atoms with Gasteiger partial charge in [0.15, 0.2) is 17.3 Å². The van der Waals surface area contributed by atoms with Gasteiger partial charge in [0.05, 0.1) is 6.10 Å². The van der Waals surface area contributed by atoms with E-state index in [4.69, 9.17) is 209 Å². The van der Waals surface area contributed by atoms with Crippen LogP contribution in [0.4, 0.5) is 0 Å². The number of aliphatic hydroxyl groups is 1. The van der Waals surface area contributed by atoms with Crippen molar-refractivity contribution in [2.75, 3.05) is 0 Å².